The predicted octanol–water partition coefficient (Wildman–Crippen LogP) is 3.23. The van der Waals surface area contributed by atoms with Gasteiger partial charge in [0.25, 0.3) is 0 Å². The minimum atomic E-state index is -0.508. The van der Waals surface area contributed by atoms with Crippen molar-refractivity contribution in [3.63, 3.8) is 0 Å². The van der Waals surface area contributed by atoms with Gasteiger partial charge in [-0.25, -0.2) is 0 Å². The Morgan fingerprint density at radius 2 is 2.04 bits per heavy atom. The fourth-order valence-electron chi connectivity index (χ4n) is 3.39. The molecule has 142 valence electrons. The van der Waals surface area contributed by atoms with E-state index in [2.05, 4.69) is 34.6 Å². The van der Waals surface area contributed by atoms with Gasteiger partial charge in [-0.1, -0.05) is 35.5 Å². The van der Waals surface area contributed by atoms with Crippen molar-refractivity contribution in [3.05, 3.63) is 65.3 Å². The van der Waals surface area contributed by atoms with E-state index < -0.39 is 5.60 Å². The van der Waals surface area contributed by atoms with E-state index in [0.29, 0.717) is 6.54 Å². The Balaban J connectivity index is 1.42. The third-order valence-corrected chi connectivity index (χ3v) is 5.25. The number of epoxide rings is 1. The van der Waals surface area contributed by atoms with Crippen LogP contribution >= 0.6 is 0 Å². The summed E-state index contributed by atoms with van der Waals surface area (Å²) in [7, 11) is 1.72. The molecular formula is C20H24N4O3. The molecule has 7 nitrogen and oxygen atoms in total. The van der Waals surface area contributed by atoms with Crippen molar-refractivity contribution in [1.29, 1.82) is 0 Å². The van der Waals surface area contributed by atoms with Crippen LogP contribution in [0.2, 0.25) is 0 Å². The van der Waals surface area contributed by atoms with Crippen LogP contribution in [0.15, 0.2) is 47.2 Å². The Hall–Kier alpha value is -2.64. The largest absolute Gasteiger partial charge is 0.371 e. The maximum Gasteiger partial charge on any atom is 0.158 e. The van der Waals surface area contributed by atoms with E-state index >= 15 is 0 Å². The summed E-state index contributed by atoms with van der Waals surface area (Å²) in [6.07, 6.45) is 3.56. The molecule has 2 aromatic heterocycles. The molecule has 0 amide bonds. The number of benzene rings is 1. The molecule has 3 aromatic rings. The molecule has 0 radical (unpaired) electrons. The highest BCUT2D eigenvalue weighted by atomic mass is 16.6. The summed E-state index contributed by atoms with van der Waals surface area (Å²) in [6.45, 7) is 6.52. The van der Waals surface area contributed by atoms with E-state index in [1.54, 1.807) is 13.3 Å². The van der Waals surface area contributed by atoms with E-state index in [1.807, 2.05) is 42.9 Å². The summed E-state index contributed by atoms with van der Waals surface area (Å²) in [6, 6.07) is 10.1. The number of nitrogens with zero attached hydrogens (tertiary/aromatic N) is 3. The van der Waals surface area contributed by atoms with Crippen molar-refractivity contribution >= 4 is 5.69 Å². The number of methoxy groups -OCH3 is 1. The summed E-state index contributed by atoms with van der Waals surface area (Å²) in [5, 5.41) is 11.8. The summed E-state index contributed by atoms with van der Waals surface area (Å²) < 4.78 is 18.8. The lowest BCUT2D eigenvalue weighted by Crippen LogP contribution is -2.33. The maximum absolute atomic E-state index is 5.89. The highest BCUT2D eigenvalue weighted by Crippen LogP contribution is 2.42. The van der Waals surface area contributed by atoms with Crippen LogP contribution in [0.4, 0.5) is 5.69 Å². The van der Waals surface area contributed by atoms with Crippen LogP contribution in [-0.4, -0.2) is 34.4 Å². The van der Waals surface area contributed by atoms with Crippen LogP contribution in [0, 0.1) is 13.8 Å². The smallest absolute Gasteiger partial charge is 0.158 e. The zero-order chi connectivity index (χ0) is 19.0. The molecule has 1 fully saturated rings. The van der Waals surface area contributed by atoms with Gasteiger partial charge < -0.3 is 19.3 Å². The third-order valence-electron chi connectivity index (χ3n) is 5.25. The van der Waals surface area contributed by atoms with Crippen LogP contribution < -0.4 is 5.32 Å². The molecule has 0 saturated carbocycles. The summed E-state index contributed by atoms with van der Waals surface area (Å²) in [5.74, 6) is 0.821. The molecule has 1 N–H and O–H groups in total. The first-order valence-electron chi connectivity index (χ1n) is 8.98. The van der Waals surface area contributed by atoms with Crippen LogP contribution in [0.25, 0.3) is 0 Å². The van der Waals surface area contributed by atoms with Gasteiger partial charge in [0.05, 0.1) is 24.1 Å². The van der Waals surface area contributed by atoms with E-state index in [9.17, 15) is 0 Å². The van der Waals surface area contributed by atoms with Crippen LogP contribution in [-0.2, 0) is 21.6 Å². The van der Waals surface area contributed by atoms with Gasteiger partial charge in [-0.05, 0) is 26.3 Å². The number of ether oxygens (including phenoxy) is 2. The molecule has 0 spiro atoms. The fraction of sp³-hybridized carbons (Fsp3) is 0.400. The lowest BCUT2D eigenvalue weighted by atomic mass is 9.92. The van der Waals surface area contributed by atoms with Crippen molar-refractivity contribution in [3.8, 4) is 0 Å². The number of hydrogen-bond acceptors (Lipinski definition) is 6. The quantitative estimate of drug-likeness (QED) is 0.645. The first-order chi connectivity index (χ1) is 13.0. The second kappa shape index (κ2) is 6.83. The van der Waals surface area contributed by atoms with Gasteiger partial charge >= 0.3 is 0 Å². The number of rotatable bonds is 7. The summed E-state index contributed by atoms with van der Waals surface area (Å²) >= 11 is 0. The number of hydrogen-bond donors (Lipinski definition) is 1. The number of aromatic nitrogens is 3. The highest BCUT2D eigenvalue weighted by Gasteiger charge is 2.54. The van der Waals surface area contributed by atoms with E-state index in [1.165, 1.54) is 0 Å². The molecule has 1 saturated heterocycles. The van der Waals surface area contributed by atoms with Gasteiger partial charge in [0.15, 0.2) is 6.23 Å². The van der Waals surface area contributed by atoms with Gasteiger partial charge in [-0.3, -0.25) is 4.68 Å². The second-order valence-electron chi connectivity index (χ2n) is 7.03. The standard InChI is InChI=1S/C20H24N4O3/c1-13-17(14(2)27-23-13)12-24-11-16(10-21-24)22-19-18(26-19)20(3,25-4)15-8-6-5-7-9-15/h5-11,18-19,22H,12H2,1-4H3. The van der Waals surface area contributed by atoms with Gasteiger partial charge in [0, 0.05) is 18.9 Å². The highest BCUT2D eigenvalue weighted by molar-refractivity contribution is 5.41. The molecule has 7 heteroatoms. The SMILES string of the molecule is COC(C)(c1ccccc1)C1OC1Nc1cnn(Cc2c(C)noc2C)c1. The second-order valence-corrected chi connectivity index (χ2v) is 7.03. The minimum absolute atomic E-state index is 0.0733. The van der Waals surface area contributed by atoms with Crippen molar-refractivity contribution in [2.24, 2.45) is 0 Å². The van der Waals surface area contributed by atoms with E-state index in [-0.39, 0.29) is 12.3 Å². The zero-order valence-electron chi connectivity index (χ0n) is 16.0. The number of nitrogens with one attached hydrogen (secondary N) is 1. The van der Waals surface area contributed by atoms with Gasteiger partial charge in [0.2, 0.25) is 0 Å². The minimum Gasteiger partial charge on any atom is -0.371 e. The average molecular weight is 368 g/mol. The van der Waals surface area contributed by atoms with Crippen molar-refractivity contribution in [2.75, 3.05) is 12.4 Å². The molecule has 3 atom stereocenters. The summed E-state index contributed by atoms with van der Waals surface area (Å²) in [5.41, 5.74) is 3.44. The molecular weight excluding hydrogens is 344 g/mol. The van der Waals surface area contributed by atoms with E-state index in [4.69, 9.17) is 14.0 Å². The monoisotopic (exact) mass is 368 g/mol. The first-order valence-corrected chi connectivity index (χ1v) is 8.98. The predicted molar refractivity (Wildman–Crippen MR) is 100 cm³/mol. The Bertz CT molecular complexity index is 901. The molecule has 27 heavy (non-hydrogen) atoms. The Morgan fingerprint density at radius 1 is 1.26 bits per heavy atom. The van der Waals surface area contributed by atoms with Gasteiger partial charge in [0.1, 0.15) is 17.5 Å². The molecule has 0 bridgehead atoms. The van der Waals surface area contributed by atoms with Crippen LogP contribution in [0.1, 0.15) is 29.5 Å². The van der Waals surface area contributed by atoms with Crippen molar-refractivity contribution in [2.45, 2.75) is 45.2 Å². The normalized spacial score (nSPS) is 21.0. The zero-order valence-corrected chi connectivity index (χ0v) is 16.0. The lowest BCUT2D eigenvalue weighted by Gasteiger charge is -2.27. The molecule has 1 aliphatic rings. The van der Waals surface area contributed by atoms with Crippen LogP contribution in [0.3, 0.4) is 0 Å². The Morgan fingerprint density at radius 3 is 2.70 bits per heavy atom. The number of anilines is 1. The average Bonchev–Trinajstić information content (AvgIpc) is 3.21. The fourth-order valence-corrected chi connectivity index (χ4v) is 3.39. The third kappa shape index (κ3) is 3.36. The van der Waals surface area contributed by atoms with Crippen molar-refractivity contribution in [1.82, 2.24) is 14.9 Å². The van der Waals surface area contributed by atoms with Crippen LogP contribution in [0.5, 0.6) is 0 Å². The first kappa shape index (κ1) is 17.8. The molecule has 3 unspecified atom stereocenters. The Kier molecular flexibility index (Phi) is 4.49. The van der Waals surface area contributed by atoms with Gasteiger partial charge in [-0.2, -0.15) is 5.10 Å². The molecule has 4 rings (SSSR count). The number of aryl methyl sites for hydroxylation is 2. The topological polar surface area (TPSA) is 77.6 Å². The van der Waals surface area contributed by atoms with E-state index in [0.717, 1.165) is 28.3 Å². The maximum atomic E-state index is 5.89. The molecule has 1 aromatic carbocycles. The van der Waals surface area contributed by atoms with Gasteiger partial charge in [-0.15, -0.1) is 0 Å². The summed E-state index contributed by atoms with van der Waals surface area (Å²) in [4.78, 5) is 0. The molecule has 3 heterocycles. The van der Waals surface area contributed by atoms with Crippen molar-refractivity contribution < 1.29 is 14.0 Å². The lowest BCUT2D eigenvalue weighted by molar-refractivity contribution is -0.0215. The molecule has 0 aliphatic carbocycles. The Labute approximate surface area is 158 Å². The molecule has 1 aliphatic heterocycles.